The van der Waals surface area contributed by atoms with Gasteiger partial charge >= 0.3 is 0 Å². The summed E-state index contributed by atoms with van der Waals surface area (Å²) < 4.78 is 0. The van der Waals surface area contributed by atoms with Gasteiger partial charge in [0.25, 0.3) is 0 Å². The van der Waals surface area contributed by atoms with Gasteiger partial charge in [-0.1, -0.05) is 26.2 Å². The molecule has 1 saturated carbocycles. The summed E-state index contributed by atoms with van der Waals surface area (Å²) in [6, 6.07) is 0. The van der Waals surface area contributed by atoms with Gasteiger partial charge in [0, 0.05) is 12.3 Å². The first-order chi connectivity index (χ1) is 9.83. The van der Waals surface area contributed by atoms with Crippen molar-refractivity contribution in [2.75, 3.05) is 13.6 Å². The van der Waals surface area contributed by atoms with Crippen molar-refractivity contribution < 1.29 is 0 Å². The van der Waals surface area contributed by atoms with Crippen LogP contribution in [0.15, 0.2) is 0 Å². The van der Waals surface area contributed by atoms with Gasteiger partial charge in [-0.25, -0.2) is 0 Å². The molecular weight excluding hydrogens is 266 g/mol. The molecule has 114 valence electrons. The van der Waals surface area contributed by atoms with Crippen molar-refractivity contribution >= 4 is 11.3 Å². The fraction of sp³-hybridized carbons (Fsp3) is 0.875. The van der Waals surface area contributed by atoms with Crippen molar-refractivity contribution in [2.24, 2.45) is 5.92 Å². The zero-order chi connectivity index (χ0) is 14.2. The third-order valence-corrected chi connectivity index (χ3v) is 5.61. The minimum Gasteiger partial charge on any atom is -0.320 e. The number of nitrogens with zero attached hydrogens (tertiary/aromatic N) is 2. The minimum absolute atomic E-state index is 0.698. The standard InChI is InChI=1S/C16H29N3S/c1-3-4-6-13-8-10-14(11-9-13)16-19-18-15(20-16)7-5-12-17-2/h13-14,17H,3-12H2,1-2H3. The van der Waals surface area contributed by atoms with Crippen molar-refractivity contribution in [1.82, 2.24) is 15.5 Å². The lowest BCUT2D eigenvalue weighted by Gasteiger charge is -2.26. The summed E-state index contributed by atoms with van der Waals surface area (Å²) in [5.41, 5.74) is 0. The van der Waals surface area contributed by atoms with Crippen LogP contribution in [0.2, 0.25) is 0 Å². The van der Waals surface area contributed by atoms with Crippen LogP contribution in [-0.4, -0.2) is 23.8 Å². The molecule has 1 aliphatic carbocycles. The molecule has 3 nitrogen and oxygen atoms in total. The fourth-order valence-electron chi connectivity index (χ4n) is 3.14. The zero-order valence-corrected chi connectivity index (χ0v) is 13.8. The van der Waals surface area contributed by atoms with Gasteiger partial charge in [0.05, 0.1) is 0 Å². The van der Waals surface area contributed by atoms with E-state index in [0.717, 1.165) is 25.3 Å². The highest BCUT2D eigenvalue weighted by atomic mass is 32.1. The molecule has 1 aromatic rings. The van der Waals surface area contributed by atoms with Crippen LogP contribution in [0, 0.1) is 5.92 Å². The number of unbranched alkanes of at least 4 members (excludes halogenated alkanes) is 1. The van der Waals surface area contributed by atoms with Crippen LogP contribution in [0.3, 0.4) is 0 Å². The summed E-state index contributed by atoms with van der Waals surface area (Å²) in [5, 5.41) is 14.5. The lowest BCUT2D eigenvalue weighted by atomic mass is 9.80. The van der Waals surface area contributed by atoms with E-state index >= 15 is 0 Å². The van der Waals surface area contributed by atoms with Crippen LogP contribution in [0.4, 0.5) is 0 Å². The molecule has 2 rings (SSSR count). The Labute approximate surface area is 127 Å². The molecule has 1 N–H and O–H groups in total. The van der Waals surface area contributed by atoms with Crippen LogP contribution >= 0.6 is 11.3 Å². The molecule has 0 aliphatic heterocycles. The number of nitrogens with one attached hydrogen (secondary N) is 1. The summed E-state index contributed by atoms with van der Waals surface area (Å²) in [5.74, 6) is 1.68. The summed E-state index contributed by atoms with van der Waals surface area (Å²) >= 11 is 1.86. The first kappa shape index (κ1) is 15.9. The van der Waals surface area contributed by atoms with E-state index in [9.17, 15) is 0 Å². The quantitative estimate of drug-likeness (QED) is 0.732. The van der Waals surface area contributed by atoms with Crippen LogP contribution in [0.25, 0.3) is 0 Å². The highest BCUT2D eigenvalue weighted by Crippen LogP contribution is 2.38. The van der Waals surface area contributed by atoms with E-state index < -0.39 is 0 Å². The molecule has 1 fully saturated rings. The SMILES string of the molecule is CCCCC1CCC(c2nnc(CCCNC)s2)CC1. The highest BCUT2D eigenvalue weighted by Gasteiger charge is 2.24. The largest absolute Gasteiger partial charge is 0.320 e. The predicted molar refractivity (Wildman–Crippen MR) is 86.4 cm³/mol. The molecule has 20 heavy (non-hydrogen) atoms. The second kappa shape index (κ2) is 8.73. The second-order valence-corrected chi connectivity index (χ2v) is 7.19. The van der Waals surface area contributed by atoms with E-state index in [1.807, 2.05) is 18.4 Å². The van der Waals surface area contributed by atoms with Gasteiger partial charge < -0.3 is 5.32 Å². The van der Waals surface area contributed by atoms with Gasteiger partial charge in [-0.05, 0) is 51.6 Å². The topological polar surface area (TPSA) is 37.8 Å². The molecule has 1 heterocycles. The van der Waals surface area contributed by atoms with Crippen LogP contribution < -0.4 is 5.32 Å². The van der Waals surface area contributed by atoms with Crippen LogP contribution in [0.5, 0.6) is 0 Å². The zero-order valence-electron chi connectivity index (χ0n) is 13.0. The number of hydrogen-bond donors (Lipinski definition) is 1. The third-order valence-electron chi connectivity index (χ3n) is 4.46. The maximum atomic E-state index is 4.45. The third kappa shape index (κ3) is 4.81. The Morgan fingerprint density at radius 1 is 1.15 bits per heavy atom. The van der Waals surface area contributed by atoms with E-state index in [1.54, 1.807) is 0 Å². The van der Waals surface area contributed by atoms with E-state index in [1.165, 1.54) is 55.0 Å². The minimum atomic E-state index is 0.698. The Morgan fingerprint density at radius 3 is 2.65 bits per heavy atom. The molecule has 0 saturated heterocycles. The highest BCUT2D eigenvalue weighted by molar-refractivity contribution is 7.11. The maximum absolute atomic E-state index is 4.45. The summed E-state index contributed by atoms with van der Waals surface area (Å²) in [4.78, 5) is 0. The van der Waals surface area contributed by atoms with Gasteiger partial charge in [-0.2, -0.15) is 0 Å². The average Bonchev–Trinajstić information content (AvgIpc) is 2.95. The molecule has 0 unspecified atom stereocenters. The van der Waals surface area contributed by atoms with Crippen LogP contribution in [0.1, 0.15) is 74.2 Å². The lowest BCUT2D eigenvalue weighted by molar-refractivity contribution is 0.303. The fourth-order valence-corrected chi connectivity index (χ4v) is 4.19. The Morgan fingerprint density at radius 2 is 1.95 bits per heavy atom. The number of rotatable bonds is 8. The van der Waals surface area contributed by atoms with Gasteiger partial charge in [-0.3, -0.25) is 0 Å². The van der Waals surface area contributed by atoms with E-state index in [0.29, 0.717) is 5.92 Å². The molecule has 0 aromatic carbocycles. The summed E-state index contributed by atoms with van der Waals surface area (Å²) in [7, 11) is 2.00. The lowest BCUT2D eigenvalue weighted by Crippen LogP contribution is -2.13. The number of aromatic nitrogens is 2. The smallest absolute Gasteiger partial charge is 0.120 e. The molecular formula is C16H29N3S. The molecule has 4 heteroatoms. The summed E-state index contributed by atoms with van der Waals surface area (Å²) in [6.45, 7) is 3.36. The Balaban J connectivity index is 1.75. The first-order valence-corrected chi connectivity index (χ1v) is 9.12. The maximum Gasteiger partial charge on any atom is 0.120 e. The van der Waals surface area contributed by atoms with E-state index in [2.05, 4.69) is 22.4 Å². The molecule has 1 aliphatic rings. The van der Waals surface area contributed by atoms with Gasteiger partial charge in [0.1, 0.15) is 10.0 Å². The number of aryl methyl sites for hydroxylation is 1. The van der Waals surface area contributed by atoms with Crippen molar-refractivity contribution in [3.63, 3.8) is 0 Å². The second-order valence-electron chi connectivity index (χ2n) is 6.10. The summed E-state index contributed by atoms with van der Waals surface area (Å²) in [6.07, 6.45) is 11.9. The normalized spacial score (nSPS) is 23.1. The van der Waals surface area contributed by atoms with Gasteiger partial charge in [-0.15, -0.1) is 21.5 Å². The first-order valence-electron chi connectivity index (χ1n) is 8.30. The van der Waals surface area contributed by atoms with Crippen molar-refractivity contribution in [3.8, 4) is 0 Å². The van der Waals surface area contributed by atoms with Gasteiger partial charge in [0.15, 0.2) is 0 Å². The van der Waals surface area contributed by atoms with Crippen LogP contribution in [-0.2, 0) is 6.42 Å². The van der Waals surface area contributed by atoms with E-state index in [-0.39, 0.29) is 0 Å². The molecule has 0 atom stereocenters. The van der Waals surface area contributed by atoms with E-state index in [4.69, 9.17) is 0 Å². The molecule has 1 aromatic heterocycles. The van der Waals surface area contributed by atoms with Crippen molar-refractivity contribution in [2.45, 2.75) is 70.6 Å². The molecule has 0 spiro atoms. The average molecular weight is 295 g/mol. The monoisotopic (exact) mass is 295 g/mol. The van der Waals surface area contributed by atoms with Crippen molar-refractivity contribution in [1.29, 1.82) is 0 Å². The molecule has 0 amide bonds. The van der Waals surface area contributed by atoms with Gasteiger partial charge in [0.2, 0.25) is 0 Å². The Kier molecular flexibility index (Phi) is 6.94. The van der Waals surface area contributed by atoms with Crippen molar-refractivity contribution in [3.05, 3.63) is 10.0 Å². The molecule has 0 radical (unpaired) electrons. The Bertz CT molecular complexity index is 370. The predicted octanol–water partition coefficient (Wildman–Crippen LogP) is 4.15. The molecule has 0 bridgehead atoms. The Hall–Kier alpha value is -0.480. The number of hydrogen-bond acceptors (Lipinski definition) is 4.